The second-order valence-corrected chi connectivity index (χ2v) is 7.62. The molecule has 142 valence electrons. The molecule has 5 nitrogen and oxygen atoms in total. The second-order valence-electron chi connectivity index (χ2n) is 6.68. The number of benzene rings is 1. The molecule has 3 aromatic heterocycles. The molecule has 3 heterocycles. The summed E-state index contributed by atoms with van der Waals surface area (Å²) in [6, 6.07) is 12.6. The Hall–Kier alpha value is -2.93. The highest BCUT2D eigenvalue weighted by Crippen LogP contribution is 2.25. The molecule has 0 radical (unpaired) electrons. The van der Waals surface area contributed by atoms with Gasteiger partial charge in [0, 0.05) is 28.8 Å². The van der Waals surface area contributed by atoms with E-state index in [1.165, 1.54) is 17.8 Å². The van der Waals surface area contributed by atoms with Crippen LogP contribution in [0.5, 0.6) is 0 Å². The fourth-order valence-corrected chi connectivity index (χ4v) is 4.10. The Morgan fingerprint density at radius 3 is 2.71 bits per heavy atom. The standard InChI is InChI=1S/C21H19FN4OS/c1-13-7-8-16(11-18(13)22)26-14(2)10-17(15(26)3)19(27)12-28-21-24-23-20-6-4-5-9-25(20)21/h4-11H,12H2,1-3H3. The van der Waals surface area contributed by atoms with Crippen molar-refractivity contribution in [2.45, 2.75) is 25.9 Å². The summed E-state index contributed by atoms with van der Waals surface area (Å²) in [5.74, 6) is -0.000804. The third kappa shape index (κ3) is 3.22. The van der Waals surface area contributed by atoms with Crippen molar-refractivity contribution in [1.82, 2.24) is 19.2 Å². The summed E-state index contributed by atoms with van der Waals surface area (Å²) in [6.07, 6.45) is 1.87. The average Bonchev–Trinajstić information content (AvgIpc) is 3.23. The first-order chi connectivity index (χ1) is 13.5. The molecule has 7 heteroatoms. The molecule has 0 bridgehead atoms. The number of carbonyl (C=O) groups excluding carboxylic acids is 1. The van der Waals surface area contributed by atoms with Gasteiger partial charge >= 0.3 is 0 Å². The number of halogens is 1. The molecular weight excluding hydrogens is 375 g/mol. The van der Waals surface area contributed by atoms with Crippen LogP contribution in [0, 0.1) is 26.6 Å². The lowest BCUT2D eigenvalue weighted by Gasteiger charge is -2.11. The van der Waals surface area contributed by atoms with Gasteiger partial charge in [0.1, 0.15) is 5.82 Å². The van der Waals surface area contributed by atoms with Crippen LogP contribution in [0.4, 0.5) is 4.39 Å². The van der Waals surface area contributed by atoms with Crippen molar-refractivity contribution in [3.8, 4) is 5.69 Å². The van der Waals surface area contributed by atoms with E-state index in [1.54, 1.807) is 13.0 Å². The van der Waals surface area contributed by atoms with Gasteiger partial charge in [0.05, 0.1) is 5.75 Å². The van der Waals surface area contributed by atoms with Crippen LogP contribution < -0.4 is 0 Å². The van der Waals surface area contributed by atoms with Crippen molar-refractivity contribution in [1.29, 1.82) is 0 Å². The number of pyridine rings is 1. The number of hydrogen-bond donors (Lipinski definition) is 0. The highest BCUT2D eigenvalue weighted by atomic mass is 32.2. The normalized spacial score (nSPS) is 11.3. The number of hydrogen-bond acceptors (Lipinski definition) is 4. The number of aryl methyl sites for hydroxylation is 2. The van der Waals surface area contributed by atoms with Crippen molar-refractivity contribution in [3.63, 3.8) is 0 Å². The van der Waals surface area contributed by atoms with Gasteiger partial charge in [-0.15, -0.1) is 10.2 Å². The lowest BCUT2D eigenvalue weighted by Crippen LogP contribution is -2.06. The average molecular weight is 394 g/mol. The van der Waals surface area contributed by atoms with Crippen molar-refractivity contribution >= 4 is 23.2 Å². The number of Topliss-reactive ketones (excluding diaryl/α,β-unsaturated/α-hetero) is 1. The van der Waals surface area contributed by atoms with E-state index < -0.39 is 0 Å². The van der Waals surface area contributed by atoms with Crippen molar-refractivity contribution < 1.29 is 9.18 Å². The smallest absolute Gasteiger partial charge is 0.196 e. The number of nitrogens with zero attached hydrogens (tertiary/aromatic N) is 4. The van der Waals surface area contributed by atoms with E-state index in [9.17, 15) is 9.18 Å². The van der Waals surface area contributed by atoms with Gasteiger partial charge in [-0.25, -0.2) is 4.39 Å². The molecule has 4 aromatic rings. The van der Waals surface area contributed by atoms with E-state index in [4.69, 9.17) is 0 Å². The first-order valence-electron chi connectivity index (χ1n) is 8.87. The molecule has 0 amide bonds. The van der Waals surface area contributed by atoms with Crippen LogP contribution in [0.1, 0.15) is 27.3 Å². The van der Waals surface area contributed by atoms with Gasteiger partial charge in [-0.05, 0) is 56.7 Å². The zero-order chi connectivity index (χ0) is 19.8. The predicted octanol–water partition coefficient (Wildman–Crippen LogP) is 4.56. The first-order valence-corrected chi connectivity index (χ1v) is 9.85. The summed E-state index contributed by atoms with van der Waals surface area (Å²) in [5.41, 5.74) is 4.39. The molecule has 28 heavy (non-hydrogen) atoms. The van der Waals surface area contributed by atoms with Gasteiger partial charge in [0.25, 0.3) is 0 Å². The van der Waals surface area contributed by atoms with E-state index in [2.05, 4.69) is 10.2 Å². The number of ketones is 1. The van der Waals surface area contributed by atoms with Crippen LogP contribution in [0.15, 0.2) is 53.8 Å². The van der Waals surface area contributed by atoms with Crippen LogP contribution in [-0.2, 0) is 0 Å². The third-order valence-electron chi connectivity index (χ3n) is 4.76. The zero-order valence-electron chi connectivity index (χ0n) is 15.8. The summed E-state index contributed by atoms with van der Waals surface area (Å²) >= 11 is 1.35. The Morgan fingerprint density at radius 2 is 1.93 bits per heavy atom. The number of fused-ring (bicyclic) bond motifs is 1. The van der Waals surface area contributed by atoms with E-state index in [0.29, 0.717) is 22.0 Å². The molecule has 0 unspecified atom stereocenters. The highest BCUT2D eigenvalue weighted by Gasteiger charge is 2.18. The van der Waals surface area contributed by atoms with Gasteiger partial charge in [0.15, 0.2) is 16.6 Å². The fraction of sp³-hybridized carbons (Fsp3) is 0.190. The highest BCUT2D eigenvalue weighted by molar-refractivity contribution is 7.99. The Morgan fingerprint density at radius 1 is 1.11 bits per heavy atom. The molecule has 0 aliphatic carbocycles. The predicted molar refractivity (Wildman–Crippen MR) is 108 cm³/mol. The van der Waals surface area contributed by atoms with Crippen molar-refractivity contribution in [2.24, 2.45) is 0 Å². The van der Waals surface area contributed by atoms with Crippen LogP contribution in [0.2, 0.25) is 0 Å². The minimum absolute atomic E-state index is 0.00427. The summed E-state index contributed by atoms with van der Waals surface area (Å²) < 4.78 is 17.8. The second kappa shape index (κ2) is 7.24. The Balaban J connectivity index is 1.59. The van der Waals surface area contributed by atoms with Crippen LogP contribution >= 0.6 is 11.8 Å². The van der Waals surface area contributed by atoms with Crippen molar-refractivity contribution in [2.75, 3.05) is 5.75 Å². The maximum Gasteiger partial charge on any atom is 0.196 e. The van der Waals surface area contributed by atoms with Crippen LogP contribution in [0.3, 0.4) is 0 Å². The summed E-state index contributed by atoms with van der Waals surface area (Å²) in [7, 11) is 0. The molecule has 0 aliphatic heterocycles. The van der Waals surface area contributed by atoms with Gasteiger partial charge in [0.2, 0.25) is 0 Å². The molecule has 0 N–H and O–H groups in total. The van der Waals surface area contributed by atoms with E-state index in [0.717, 1.165) is 17.0 Å². The molecule has 1 aromatic carbocycles. The van der Waals surface area contributed by atoms with E-state index >= 15 is 0 Å². The Kier molecular flexibility index (Phi) is 4.77. The van der Waals surface area contributed by atoms with Crippen molar-refractivity contribution in [3.05, 3.63) is 77.0 Å². The molecule has 0 aliphatic rings. The number of carbonyl (C=O) groups is 1. The Labute approximate surface area is 166 Å². The summed E-state index contributed by atoms with van der Waals surface area (Å²) in [6.45, 7) is 5.53. The van der Waals surface area contributed by atoms with Crippen LogP contribution in [-0.4, -0.2) is 30.7 Å². The SMILES string of the molecule is Cc1ccc(-n2c(C)cc(C(=O)CSc3nnc4ccccn34)c2C)cc1F. The van der Waals surface area contributed by atoms with Gasteiger partial charge < -0.3 is 4.57 Å². The third-order valence-corrected chi connectivity index (χ3v) is 5.70. The number of thioether (sulfide) groups is 1. The molecule has 0 spiro atoms. The molecular formula is C21H19FN4OS. The zero-order valence-corrected chi connectivity index (χ0v) is 16.6. The maximum atomic E-state index is 14.0. The topological polar surface area (TPSA) is 52.2 Å². The summed E-state index contributed by atoms with van der Waals surface area (Å²) in [5, 5.41) is 8.93. The van der Waals surface area contributed by atoms with Gasteiger partial charge in [-0.3, -0.25) is 9.20 Å². The lowest BCUT2D eigenvalue weighted by molar-refractivity contribution is 0.102. The molecule has 0 fully saturated rings. The van der Waals surface area contributed by atoms with Gasteiger partial charge in [-0.2, -0.15) is 0 Å². The Bertz CT molecular complexity index is 1190. The van der Waals surface area contributed by atoms with E-state index in [1.807, 2.05) is 59.3 Å². The fourth-order valence-electron chi connectivity index (χ4n) is 3.29. The van der Waals surface area contributed by atoms with E-state index in [-0.39, 0.29) is 17.4 Å². The maximum absolute atomic E-state index is 14.0. The quantitative estimate of drug-likeness (QED) is 0.368. The monoisotopic (exact) mass is 394 g/mol. The number of rotatable bonds is 5. The largest absolute Gasteiger partial charge is 0.318 e. The molecule has 4 rings (SSSR count). The molecule has 0 saturated carbocycles. The molecule has 0 atom stereocenters. The summed E-state index contributed by atoms with van der Waals surface area (Å²) in [4.78, 5) is 12.8. The lowest BCUT2D eigenvalue weighted by atomic mass is 10.2. The minimum atomic E-state index is -0.257. The number of aromatic nitrogens is 4. The first kappa shape index (κ1) is 18.4. The minimum Gasteiger partial charge on any atom is -0.318 e. The van der Waals surface area contributed by atoms with Gasteiger partial charge in [-0.1, -0.05) is 23.9 Å². The molecule has 0 saturated heterocycles. The van der Waals surface area contributed by atoms with Crippen LogP contribution in [0.25, 0.3) is 11.3 Å².